The van der Waals surface area contributed by atoms with Crippen molar-refractivity contribution >= 4 is 11.8 Å². The summed E-state index contributed by atoms with van der Waals surface area (Å²) in [6, 6.07) is 0.663. The Kier molecular flexibility index (Phi) is 3.40. The number of ether oxygens (including phenoxy) is 1. The van der Waals surface area contributed by atoms with E-state index in [1.54, 1.807) is 0 Å². The molecule has 3 atom stereocenters. The lowest BCUT2D eigenvalue weighted by Crippen LogP contribution is -2.25. The van der Waals surface area contributed by atoms with Crippen LogP contribution < -0.4 is 5.73 Å². The Bertz CT molecular complexity index is 370. The third-order valence-electron chi connectivity index (χ3n) is 3.81. The third kappa shape index (κ3) is 2.23. The van der Waals surface area contributed by atoms with Gasteiger partial charge in [-0.05, 0) is 18.6 Å². The predicted octanol–water partition coefficient (Wildman–Crippen LogP) is 1.60. The van der Waals surface area contributed by atoms with E-state index < -0.39 is 0 Å². The summed E-state index contributed by atoms with van der Waals surface area (Å²) in [6.45, 7) is 1.65. The minimum atomic E-state index is 0.0746. The maximum absolute atomic E-state index is 6.37. The number of nitrogens with two attached hydrogens (primary N) is 1. The van der Waals surface area contributed by atoms with Crippen molar-refractivity contribution in [2.45, 2.75) is 24.9 Å². The normalized spacial score (nSPS) is 30.9. The molecule has 5 heteroatoms. The van der Waals surface area contributed by atoms with Crippen molar-refractivity contribution < 1.29 is 4.74 Å². The van der Waals surface area contributed by atoms with Gasteiger partial charge in [0.25, 0.3) is 0 Å². The van der Waals surface area contributed by atoms with Gasteiger partial charge >= 0.3 is 0 Å². The molecule has 2 aliphatic heterocycles. The Morgan fingerprint density at radius 2 is 2.47 bits per heavy atom. The summed E-state index contributed by atoms with van der Waals surface area (Å²) in [6.07, 6.45) is 6.20. The number of hydrogen-bond donors (Lipinski definition) is 1. The van der Waals surface area contributed by atoms with Gasteiger partial charge in [-0.25, -0.2) is 4.98 Å². The first kappa shape index (κ1) is 11.6. The third-order valence-corrected chi connectivity index (χ3v) is 4.95. The van der Waals surface area contributed by atoms with Crippen LogP contribution >= 0.6 is 11.8 Å². The lowest BCUT2D eigenvalue weighted by atomic mass is 9.97. The van der Waals surface area contributed by atoms with Crippen LogP contribution in [0.15, 0.2) is 12.5 Å². The van der Waals surface area contributed by atoms with Gasteiger partial charge < -0.3 is 15.0 Å². The standard InChI is InChI=1S/C12H19N3OS/c13-12(9-1-3-16-6-9)11-5-14-8-15(11)10-2-4-17-7-10/h5,8-10,12H,1-4,6-7,13H2. The molecule has 2 aliphatic rings. The molecule has 17 heavy (non-hydrogen) atoms. The molecule has 94 valence electrons. The molecule has 0 amide bonds. The quantitative estimate of drug-likeness (QED) is 0.889. The van der Waals surface area contributed by atoms with Gasteiger partial charge in [0, 0.05) is 30.5 Å². The van der Waals surface area contributed by atoms with E-state index in [1.165, 1.54) is 23.6 Å². The molecule has 4 nitrogen and oxygen atoms in total. The molecule has 2 fully saturated rings. The van der Waals surface area contributed by atoms with Crippen molar-refractivity contribution in [3.63, 3.8) is 0 Å². The summed E-state index contributed by atoms with van der Waals surface area (Å²) in [5, 5.41) is 0. The van der Waals surface area contributed by atoms with Crippen molar-refractivity contribution in [3.8, 4) is 0 Å². The minimum absolute atomic E-state index is 0.0746. The summed E-state index contributed by atoms with van der Waals surface area (Å²) in [5.41, 5.74) is 7.55. The largest absolute Gasteiger partial charge is 0.381 e. The molecule has 1 aromatic heterocycles. The van der Waals surface area contributed by atoms with E-state index in [1.807, 2.05) is 24.3 Å². The lowest BCUT2D eigenvalue weighted by molar-refractivity contribution is 0.180. The number of nitrogens with zero attached hydrogens (tertiary/aromatic N) is 2. The zero-order chi connectivity index (χ0) is 11.7. The van der Waals surface area contributed by atoms with Crippen molar-refractivity contribution in [3.05, 3.63) is 18.2 Å². The second-order valence-electron chi connectivity index (χ2n) is 4.89. The number of rotatable bonds is 3. The highest BCUT2D eigenvalue weighted by atomic mass is 32.2. The molecule has 2 saturated heterocycles. The van der Waals surface area contributed by atoms with Crippen LogP contribution in [0.25, 0.3) is 0 Å². The highest BCUT2D eigenvalue weighted by Crippen LogP contribution is 2.33. The maximum atomic E-state index is 6.37. The first-order valence-electron chi connectivity index (χ1n) is 6.29. The van der Waals surface area contributed by atoms with Gasteiger partial charge in [0.1, 0.15) is 0 Å². The Morgan fingerprint density at radius 3 is 3.18 bits per heavy atom. The Morgan fingerprint density at radius 1 is 1.53 bits per heavy atom. The van der Waals surface area contributed by atoms with Gasteiger partial charge in [0.15, 0.2) is 0 Å². The van der Waals surface area contributed by atoms with Gasteiger partial charge in [-0.15, -0.1) is 0 Å². The highest BCUT2D eigenvalue weighted by Gasteiger charge is 2.28. The molecule has 3 unspecified atom stereocenters. The molecule has 0 aromatic carbocycles. The number of hydrogen-bond acceptors (Lipinski definition) is 4. The van der Waals surface area contributed by atoms with Crippen molar-refractivity contribution in [1.29, 1.82) is 0 Å². The van der Waals surface area contributed by atoms with E-state index in [2.05, 4.69) is 9.55 Å². The minimum Gasteiger partial charge on any atom is -0.381 e. The number of aromatic nitrogens is 2. The van der Waals surface area contributed by atoms with Crippen LogP contribution in [0, 0.1) is 5.92 Å². The van der Waals surface area contributed by atoms with E-state index in [4.69, 9.17) is 10.5 Å². The van der Waals surface area contributed by atoms with Crippen LogP contribution in [0.2, 0.25) is 0 Å². The van der Waals surface area contributed by atoms with Crippen molar-refractivity contribution in [1.82, 2.24) is 9.55 Å². The fraction of sp³-hybridized carbons (Fsp3) is 0.750. The van der Waals surface area contributed by atoms with Gasteiger partial charge in [-0.1, -0.05) is 0 Å². The van der Waals surface area contributed by atoms with E-state index in [9.17, 15) is 0 Å². The van der Waals surface area contributed by atoms with Gasteiger partial charge in [0.2, 0.25) is 0 Å². The van der Waals surface area contributed by atoms with Crippen LogP contribution in [0.3, 0.4) is 0 Å². The van der Waals surface area contributed by atoms with Crippen LogP contribution in [0.5, 0.6) is 0 Å². The SMILES string of the molecule is NC(c1cncn1C1CCSC1)C1CCOC1. The average Bonchev–Trinajstić information content (AvgIpc) is 3.09. The summed E-state index contributed by atoms with van der Waals surface area (Å²) in [4.78, 5) is 4.29. The fourth-order valence-electron chi connectivity index (χ4n) is 2.70. The number of thioether (sulfide) groups is 1. The second kappa shape index (κ2) is 5.00. The molecule has 0 bridgehead atoms. The average molecular weight is 253 g/mol. The predicted molar refractivity (Wildman–Crippen MR) is 69.1 cm³/mol. The van der Waals surface area contributed by atoms with Crippen LogP contribution in [0.1, 0.15) is 30.6 Å². The Hall–Kier alpha value is -0.520. The van der Waals surface area contributed by atoms with E-state index in [0.29, 0.717) is 12.0 Å². The summed E-state index contributed by atoms with van der Waals surface area (Å²) in [5.74, 6) is 2.90. The molecular weight excluding hydrogens is 234 g/mol. The fourth-order valence-corrected chi connectivity index (χ4v) is 3.90. The molecule has 0 spiro atoms. The number of imidazole rings is 1. The molecule has 3 rings (SSSR count). The Labute approximate surface area is 106 Å². The van der Waals surface area contributed by atoms with Gasteiger partial charge in [-0.3, -0.25) is 0 Å². The maximum Gasteiger partial charge on any atom is 0.0951 e. The van der Waals surface area contributed by atoms with E-state index >= 15 is 0 Å². The van der Waals surface area contributed by atoms with Gasteiger partial charge in [-0.2, -0.15) is 11.8 Å². The molecule has 0 aliphatic carbocycles. The van der Waals surface area contributed by atoms with Crippen molar-refractivity contribution in [2.75, 3.05) is 24.7 Å². The van der Waals surface area contributed by atoms with E-state index in [0.717, 1.165) is 19.6 Å². The van der Waals surface area contributed by atoms with Crippen LogP contribution in [-0.4, -0.2) is 34.3 Å². The van der Waals surface area contributed by atoms with E-state index in [-0.39, 0.29) is 6.04 Å². The summed E-state index contributed by atoms with van der Waals surface area (Å²) < 4.78 is 7.72. The summed E-state index contributed by atoms with van der Waals surface area (Å²) >= 11 is 2.02. The lowest BCUT2D eigenvalue weighted by Gasteiger charge is -2.22. The summed E-state index contributed by atoms with van der Waals surface area (Å²) in [7, 11) is 0. The monoisotopic (exact) mass is 253 g/mol. The molecule has 0 saturated carbocycles. The zero-order valence-electron chi connectivity index (χ0n) is 9.92. The molecule has 3 heterocycles. The molecule has 2 N–H and O–H groups in total. The van der Waals surface area contributed by atoms with Gasteiger partial charge in [0.05, 0.1) is 24.7 Å². The zero-order valence-corrected chi connectivity index (χ0v) is 10.7. The highest BCUT2D eigenvalue weighted by molar-refractivity contribution is 7.99. The molecular formula is C12H19N3OS. The van der Waals surface area contributed by atoms with Crippen LogP contribution in [0.4, 0.5) is 0 Å². The van der Waals surface area contributed by atoms with Crippen molar-refractivity contribution in [2.24, 2.45) is 11.7 Å². The molecule has 0 radical (unpaired) electrons. The second-order valence-corrected chi connectivity index (χ2v) is 6.04. The molecule has 1 aromatic rings. The smallest absolute Gasteiger partial charge is 0.0951 e. The first-order chi connectivity index (χ1) is 8.36. The topological polar surface area (TPSA) is 53.1 Å². The van der Waals surface area contributed by atoms with Crippen LogP contribution in [-0.2, 0) is 4.74 Å². The first-order valence-corrected chi connectivity index (χ1v) is 7.44. The Balaban J connectivity index is 1.79.